The number of fused-ring (bicyclic) bond motifs is 11. The van der Waals surface area contributed by atoms with Gasteiger partial charge in [-0.1, -0.05) is 98.8 Å². The molecular weight excluding hydrogens is 669 g/mol. The SMILES string of the molecule is Cc1nnnc(C)c1-c1cc2c3cc4c(c(-c5ccncc5C(C)C)c3ccc2c2cc3c(cc12)-c1cccc2cccc-3c12)-c1cccc2cccc-4c12. The molecule has 0 amide bonds. The molecular formula is C51H34N4. The Hall–Kier alpha value is -6.78. The number of aromatic nitrogens is 4. The molecule has 55 heavy (non-hydrogen) atoms. The lowest BCUT2D eigenvalue weighted by molar-refractivity contribution is 0.820. The molecule has 2 aliphatic rings. The Bertz CT molecular complexity index is 3340. The van der Waals surface area contributed by atoms with Crippen LogP contribution in [-0.4, -0.2) is 20.4 Å². The average molecular weight is 703 g/mol. The van der Waals surface area contributed by atoms with Gasteiger partial charge in [-0.15, -0.1) is 10.2 Å². The Morgan fingerprint density at radius 1 is 0.418 bits per heavy atom. The van der Waals surface area contributed by atoms with Crippen LogP contribution in [0.2, 0.25) is 0 Å². The highest BCUT2D eigenvalue weighted by Gasteiger charge is 2.29. The molecule has 10 aromatic rings. The van der Waals surface area contributed by atoms with Crippen LogP contribution in [0.4, 0.5) is 0 Å². The zero-order valence-electron chi connectivity index (χ0n) is 31.0. The molecule has 8 aromatic carbocycles. The van der Waals surface area contributed by atoms with Crippen molar-refractivity contribution in [3.05, 3.63) is 145 Å². The smallest absolute Gasteiger partial charge is 0.0715 e. The van der Waals surface area contributed by atoms with E-state index in [1.165, 1.54) is 115 Å². The maximum atomic E-state index is 4.63. The van der Waals surface area contributed by atoms with Crippen LogP contribution < -0.4 is 0 Å². The third kappa shape index (κ3) is 4.01. The van der Waals surface area contributed by atoms with Gasteiger partial charge in [-0.2, -0.15) is 0 Å². The fourth-order valence-corrected chi connectivity index (χ4v) is 10.1. The van der Waals surface area contributed by atoms with Crippen LogP contribution in [-0.2, 0) is 0 Å². The summed E-state index contributed by atoms with van der Waals surface area (Å²) < 4.78 is 0. The predicted molar refractivity (Wildman–Crippen MR) is 228 cm³/mol. The van der Waals surface area contributed by atoms with E-state index in [0.717, 1.165) is 22.5 Å². The molecule has 2 heterocycles. The fraction of sp³-hybridized carbons (Fsp3) is 0.0980. The molecule has 0 spiro atoms. The van der Waals surface area contributed by atoms with E-state index >= 15 is 0 Å². The van der Waals surface area contributed by atoms with E-state index in [-0.39, 0.29) is 0 Å². The number of pyridine rings is 1. The Morgan fingerprint density at radius 3 is 1.62 bits per heavy atom. The zero-order chi connectivity index (χ0) is 36.7. The first kappa shape index (κ1) is 30.7. The number of nitrogens with zero attached hydrogens (tertiary/aromatic N) is 4. The maximum absolute atomic E-state index is 4.63. The molecule has 258 valence electrons. The summed E-state index contributed by atoms with van der Waals surface area (Å²) >= 11 is 0. The van der Waals surface area contributed by atoms with Gasteiger partial charge in [0.25, 0.3) is 0 Å². The highest BCUT2D eigenvalue weighted by atomic mass is 15.3. The summed E-state index contributed by atoms with van der Waals surface area (Å²) in [6, 6.07) is 43.6. The number of aryl methyl sites for hydroxylation is 2. The fourth-order valence-electron chi connectivity index (χ4n) is 10.1. The molecule has 0 bridgehead atoms. The zero-order valence-corrected chi connectivity index (χ0v) is 31.0. The van der Waals surface area contributed by atoms with Crippen molar-refractivity contribution >= 4 is 53.9 Å². The molecule has 0 fully saturated rings. The second kappa shape index (κ2) is 10.9. The van der Waals surface area contributed by atoms with E-state index in [1.54, 1.807) is 0 Å². The van der Waals surface area contributed by atoms with Gasteiger partial charge < -0.3 is 0 Å². The van der Waals surface area contributed by atoms with Crippen LogP contribution in [0.15, 0.2) is 128 Å². The monoisotopic (exact) mass is 702 g/mol. The quantitative estimate of drug-likeness (QED) is 0.172. The molecule has 4 heteroatoms. The van der Waals surface area contributed by atoms with Crippen molar-refractivity contribution in [1.29, 1.82) is 0 Å². The minimum Gasteiger partial charge on any atom is -0.264 e. The third-order valence-electron chi connectivity index (χ3n) is 12.5. The number of hydrogen-bond donors (Lipinski definition) is 0. The summed E-state index contributed by atoms with van der Waals surface area (Å²) in [6.07, 6.45) is 4.02. The summed E-state index contributed by atoms with van der Waals surface area (Å²) in [7, 11) is 0. The summed E-state index contributed by atoms with van der Waals surface area (Å²) in [5, 5.41) is 25.7. The highest BCUT2D eigenvalue weighted by molar-refractivity contribution is 6.30. The van der Waals surface area contributed by atoms with E-state index in [4.69, 9.17) is 0 Å². The van der Waals surface area contributed by atoms with Crippen LogP contribution in [0, 0.1) is 13.8 Å². The molecule has 0 saturated heterocycles. The second-order valence-corrected chi connectivity index (χ2v) is 15.7. The van der Waals surface area contributed by atoms with E-state index in [0.29, 0.717) is 5.92 Å². The maximum Gasteiger partial charge on any atom is 0.0715 e. The molecule has 0 atom stereocenters. The normalized spacial score (nSPS) is 12.5. The van der Waals surface area contributed by atoms with Crippen molar-refractivity contribution in [1.82, 2.24) is 20.4 Å². The van der Waals surface area contributed by atoms with Gasteiger partial charge in [0.2, 0.25) is 0 Å². The summed E-state index contributed by atoms with van der Waals surface area (Å²) in [5.74, 6) is 0.304. The standard InChI is InChI=1S/C51H34N4/c1-26(2)46-25-52-20-19-36(46)50-35-18-17-31-38-21-40-32-13-5-9-29-10-6-14-33(48(29)32)41(40)22-43(38)45(47-27(3)53-55-54-28(47)4)23-39(31)42(35)24-44-34-15-7-11-30-12-8-16-37(49(30)34)51(44)50/h5-26H,1-4H3. The molecule has 0 radical (unpaired) electrons. The molecule has 4 nitrogen and oxygen atoms in total. The predicted octanol–water partition coefficient (Wildman–Crippen LogP) is 13.4. The van der Waals surface area contributed by atoms with Gasteiger partial charge in [-0.3, -0.25) is 4.98 Å². The van der Waals surface area contributed by atoms with E-state index in [9.17, 15) is 0 Å². The van der Waals surface area contributed by atoms with Gasteiger partial charge in [0.1, 0.15) is 0 Å². The van der Waals surface area contributed by atoms with Gasteiger partial charge in [-0.25, -0.2) is 0 Å². The molecule has 0 unspecified atom stereocenters. The topological polar surface area (TPSA) is 51.6 Å². The average Bonchev–Trinajstić information content (AvgIpc) is 3.70. The lowest BCUT2D eigenvalue weighted by Crippen LogP contribution is -2.00. The minimum atomic E-state index is 0.304. The Balaban J connectivity index is 1.28. The minimum absolute atomic E-state index is 0.304. The molecule has 0 aliphatic heterocycles. The third-order valence-corrected chi connectivity index (χ3v) is 12.5. The van der Waals surface area contributed by atoms with Crippen molar-refractivity contribution in [2.75, 3.05) is 0 Å². The van der Waals surface area contributed by atoms with Crippen molar-refractivity contribution in [3.8, 4) is 66.8 Å². The van der Waals surface area contributed by atoms with Gasteiger partial charge in [0, 0.05) is 18.0 Å². The first-order valence-electron chi connectivity index (χ1n) is 19.2. The first-order chi connectivity index (χ1) is 27.0. The molecule has 2 aromatic heterocycles. The van der Waals surface area contributed by atoms with E-state index in [1.807, 2.05) is 6.20 Å². The van der Waals surface area contributed by atoms with Crippen LogP contribution in [0.5, 0.6) is 0 Å². The lowest BCUT2D eigenvalue weighted by Gasteiger charge is -2.21. The van der Waals surface area contributed by atoms with E-state index in [2.05, 4.69) is 170 Å². The largest absolute Gasteiger partial charge is 0.264 e. The van der Waals surface area contributed by atoms with Gasteiger partial charge in [0.05, 0.1) is 11.4 Å². The lowest BCUT2D eigenvalue weighted by atomic mass is 9.82. The van der Waals surface area contributed by atoms with Crippen LogP contribution in [0.25, 0.3) is 121 Å². The summed E-state index contributed by atoms with van der Waals surface area (Å²) in [6.45, 7) is 8.65. The Kier molecular flexibility index (Phi) is 6.07. The molecule has 0 saturated carbocycles. The van der Waals surface area contributed by atoms with Crippen LogP contribution >= 0.6 is 0 Å². The van der Waals surface area contributed by atoms with Crippen LogP contribution in [0.3, 0.4) is 0 Å². The number of rotatable bonds is 3. The van der Waals surface area contributed by atoms with Crippen LogP contribution in [0.1, 0.15) is 36.7 Å². The number of hydrogen-bond acceptors (Lipinski definition) is 4. The molecule has 2 aliphatic carbocycles. The Morgan fingerprint density at radius 2 is 0.945 bits per heavy atom. The van der Waals surface area contributed by atoms with Gasteiger partial charge in [-0.05, 0) is 176 Å². The van der Waals surface area contributed by atoms with Gasteiger partial charge >= 0.3 is 0 Å². The highest BCUT2D eigenvalue weighted by Crippen LogP contribution is 2.56. The Labute approximate surface area is 318 Å². The van der Waals surface area contributed by atoms with Crippen molar-refractivity contribution in [2.24, 2.45) is 0 Å². The van der Waals surface area contributed by atoms with E-state index < -0.39 is 0 Å². The van der Waals surface area contributed by atoms with Gasteiger partial charge in [0.15, 0.2) is 0 Å². The van der Waals surface area contributed by atoms with Crippen molar-refractivity contribution in [2.45, 2.75) is 33.6 Å². The summed E-state index contributed by atoms with van der Waals surface area (Å²) in [5.41, 5.74) is 18.1. The molecule has 0 N–H and O–H groups in total. The first-order valence-corrected chi connectivity index (χ1v) is 19.2. The summed E-state index contributed by atoms with van der Waals surface area (Å²) in [4.78, 5) is 4.63. The second-order valence-electron chi connectivity index (χ2n) is 15.7. The molecule has 12 rings (SSSR count). The van der Waals surface area contributed by atoms with Crippen molar-refractivity contribution < 1.29 is 0 Å². The van der Waals surface area contributed by atoms with Crippen molar-refractivity contribution in [3.63, 3.8) is 0 Å². The number of benzene rings is 8.